The molecule has 6 heteroatoms. The second kappa shape index (κ2) is 9.72. The molecule has 0 spiro atoms. The van der Waals surface area contributed by atoms with Gasteiger partial charge in [0.15, 0.2) is 0 Å². The number of aromatic nitrogens is 2. The van der Waals surface area contributed by atoms with Crippen LogP contribution in [-0.4, -0.2) is 21.7 Å². The molecule has 29 heavy (non-hydrogen) atoms. The summed E-state index contributed by atoms with van der Waals surface area (Å²) in [6, 6.07) is 18.9. The van der Waals surface area contributed by atoms with E-state index in [1.54, 1.807) is 6.20 Å². The van der Waals surface area contributed by atoms with Crippen molar-refractivity contribution in [1.82, 2.24) is 15.1 Å². The van der Waals surface area contributed by atoms with Gasteiger partial charge in [0.25, 0.3) is 0 Å². The monoisotopic (exact) mass is 410 g/mol. The van der Waals surface area contributed by atoms with Gasteiger partial charge < -0.3 is 11.1 Å². The minimum Gasteiger partial charge on any atom is -0.352 e. The van der Waals surface area contributed by atoms with Crippen molar-refractivity contribution in [2.24, 2.45) is 11.7 Å². The molecule has 1 aliphatic carbocycles. The third kappa shape index (κ3) is 5.25. The lowest BCUT2D eigenvalue weighted by atomic mass is 9.98. The number of nitrogens with one attached hydrogen (secondary N) is 1. The molecular weight excluding hydrogens is 384 g/mol. The van der Waals surface area contributed by atoms with Gasteiger partial charge in [-0.1, -0.05) is 48.5 Å². The molecule has 3 aromatic rings. The van der Waals surface area contributed by atoms with Gasteiger partial charge in [-0.05, 0) is 47.6 Å². The maximum Gasteiger partial charge on any atom is 0.223 e. The SMILES string of the molecule is Cl.NC1CCC(C(=O)NCc2ccccc2-c2ccc(Cn3cccn3)cc2)C1. The third-order valence-electron chi connectivity index (χ3n) is 5.48. The van der Waals surface area contributed by atoms with E-state index < -0.39 is 0 Å². The van der Waals surface area contributed by atoms with Crippen LogP contribution in [0.3, 0.4) is 0 Å². The second-order valence-corrected chi connectivity index (χ2v) is 7.55. The fraction of sp³-hybridized carbons (Fsp3) is 0.304. The molecule has 0 radical (unpaired) electrons. The first kappa shape index (κ1) is 21.1. The maximum absolute atomic E-state index is 12.4. The zero-order chi connectivity index (χ0) is 19.3. The number of carbonyl (C=O) groups is 1. The molecule has 2 unspecified atom stereocenters. The summed E-state index contributed by atoms with van der Waals surface area (Å²) in [6.45, 7) is 1.30. The molecule has 152 valence electrons. The van der Waals surface area contributed by atoms with E-state index in [-0.39, 0.29) is 30.3 Å². The molecule has 1 fully saturated rings. The normalized spacial score (nSPS) is 18.2. The van der Waals surface area contributed by atoms with Crippen LogP contribution in [0.1, 0.15) is 30.4 Å². The van der Waals surface area contributed by atoms with Crippen LogP contribution in [-0.2, 0) is 17.9 Å². The van der Waals surface area contributed by atoms with E-state index in [9.17, 15) is 4.79 Å². The second-order valence-electron chi connectivity index (χ2n) is 7.55. The Morgan fingerprint density at radius 3 is 2.59 bits per heavy atom. The van der Waals surface area contributed by atoms with E-state index in [0.29, 0.717) is 6.54 Å². The molecule has 1 amide bonds. The maximum atomic E-state index is 12.4. The van der Waals surface area contributed by atoms with Crippen molar-refractivity contribution in [3.63, 3.8) is 0 Å². The van der Waals surface area contributed by atoms with Gasteiger partial charge in [-0.3, -0.25) is 9.48 Å². The molecule has 0 aliphatic heterocycles. The van der Waals surface area contributed by atoms with Crippen LogP contribution in [0.5, 0.6) is 0 Å². The lowest BCUT2D eigenvalue weighted by Gasteiger charge is -2.14. The van der Waals surface area contributed by atoms with Crippen molar-refractivity contribution < 1.29 is 4.79 Å². The Morgan fingerprint density at radius 2 is 1.90 bits per heavy atom. The Kier molecular flexibility index (Phi) is 7.07. The summed E-state index contributed by atoms with van der Waals surface area (Å²) in [6.07, 6.45) is 6.39. The Hall–Kier alpha value is -2.63. The number of rotatable bonds is 6. The van der Waals surface area contributed by atoms with Crippen LogP contribution in [0.15, 0.2) is 67.0 Å². The van der Waals surface area contributed by atoms with Crippen LogP contribution in [0.2, 0.25) is 0 Å². The number of hydrogen-bond acceptors (Lipinski definition) is 3. The van der Waals surface area contributed by atoms with E-state index in [2.05, 4.69) is 46.8 Å². The number of halogens is 1. The summed E-state index contributed by atoms with van der Waals surface area (Å²) in [5.41, 5.74) is 10.6. The summed E-state index contributed by atoms with van der Waals surface area (Å²) < 4.78 is 1.91. The highest BCUT2D eigenvalue weighted by Gasteiger charge is 2.27. The van der Waals surface area contributed by atoms with E-state index in [0.717, 1.165) is 42.5 Å². The van der Waals surface area contributed by atoms with Crippen LogP contribution in [0.4, 0.5) is 0 Å². The number of carbonyl (C=O) groups excluding carboxylic acids is 1. The zero-order valence-electron chi connectivity index (χ0n) is 16.3. The van der Waals surface area contributed by atoms with Crippen molar-refractivity contribution in [3.8, 4) is 11.1 Å². The first-order valence-corrected chi connectivity index (χ1v) is 9.87. The minimum absolute atomic E-state index is 0. The van der Waals surface area contributed by atoms with Gasteiger partial charge >= 0.3 is 0 Å². The number of hydrogen-bond donors (Lipinski definition) is 2. The van der Waals surface area contributed by atoms with Crippen molar-refractivity contribution in [1.29, 1.82) is 0 Å². The first-order valence-electron chi connectivity index (χ1n) is 9.87. The molecule has 1 aliphatic rings. The first-order chi connectivity index (χ1) is 13.7. The lowest BCUT2D eigenvalue weighted by Crippen LogP contribution is -2.30. The van der Waals surface area contributed by atoms with Gasteiger partial charge in [-0.2, -0.15) is 5.10 Å². The largest absolute Gasteiger partial charge is 0.352 e. The quantitative estimate of drug-likeness (QED) is 0.649. The molecule has 4 rings (SSSR count). The fourth-order valence-corrected chi connectivity index (χ4v) is 3.91. The van der Waals surface area contributed by atoms with Crippen LogP contribution < -0.4 is 11.1 Å². The number of amides is 1. The highest BCUT2D eigenvalue weighted by atomic mass is 35.5. The average Bonchev–Trinajstić information content (AvgIpc) is 3.39. The summed E-state index contributed by atoms with van der Waals surface area (Å²) in [7, 11) is 0. The molecule has 2 atom stereocenters. The topological polar surface area (TPSA) is 72.9 Å². The van der Waals surface area contributed by atoms with Gasteiger partial charge in [-0.15, -0.1) is 12.4 Å². The zero-order valence-corrected chi connectivity index (χ0v) is 17.1. The average molecular weight is 411 g/mol. The molecule has 1 saturated carbocycles. The Balaban J connectivity index is 0.00000240. The van der Waals surface area contributed by atoms with Crippen molar-refractivity contribution in [2.45, 2.75) is 38.4 Å². The molecule has 1 heterocycles. The van der Waals surface area contributed by atoms with Crippen LogP contribution >= 0.6 is 12.4 Å². The smallest absolute Gasteiger partial charge is 0.223 e. The van der Waals surface area contributed by atoms with Gasteiger partial charge in [0.05, 0.1) is 6.54 Å². The summed E-state index contributed by atoms with van der Waals surface area (Å²) in [5, 5.41) is 7.36. The molecule has 3 N–H and O–H groups in total. The minimum atomic E-state index is 0. The molecule has 0 bridgehead atoms. The predicted octanol–water partition coefficient (Wildman–Crippen LogP) is 3.76. The number of benzene rings is 2. The van der Waals surface area contributed by atoms with Crippen molar-refractivity contribution in [3.05, 3.63) is 78.1 Å². The van der Waals surface area contributed by atoms with Gasteiger partial charge in [0.2, 0.25) is 5.91 Å². The van der Waals surface area contributed by atoms with Crippen LogP contribution in [0, 0.1) is 5.92 Å². The van der Waals surface area contributed by atoms with Crippen molar-refractivity contribution in [2.75, 3.05) is 0 Å². The fourth-order valence-electron chi connectivity index (χ4n) is 3.91. The van der Waals surface area contributed by atoms with E-state index in [1.165, 1.54) is 5.56 Å². The number of nitrogens with zero attached hydrogens (tertiary/aromatic N) is 2. The van der Waals surface area contributed by atoms with E-state index >= 15 is 0 Å². The lowest BCUT2D eigenvalue weighted by molar-refractivity contribution is -0.125. The van der Waals surface area contributed by atoms with E-state index in [4.69, 9.17) is 5.73 Å². The Bertz CT molecular complexity index is 924. The summed E-state index contributed by atoms with van der Waals surface area (Å²) >= 11 is 0. The highest BCUT2D eigenvalue weighted by Crippen LogP contribution is 2.26. The van der Waals surface area contributed by atoms with Crippen LogP contribution in [0.25, 0.3) is 11.1 Å². The molecule has 2 aromatic carbocycles. The summed E-state index contributed by atoms with van der Waals surface area (Å²) in [5.74, 6) is 0.182. The highest BCUT2D eigenvalue weighted by molar-refractivity contribution is 5.85. The molecule has 1 aromatic heterocycles. The Morgan fingerprint density at radius 1 is 1.10 bits per heavy atom. The predicted molar refractivity (Wildman–Crippen MR) is 118 cm³/mol. The van der Waals surface area contributed by atoms with Gasteiger partial charge in [0, 0.05) is 30.9 Å². The van der Waals surface area contributed by atoms with Gasteiger partial charge in [0.1, 0.15) is 0 Å². The number of nitrogens with two attached hydrogens (primary N) is 1. The third-order valence-corrected chi connectivity index (χ3v) is 5.48. The summed E-state index contributed by atoms with van der Waals surface area (Å²) in [4.78, 5) is 12.4. The molecule has 5 nitrogen and oxygen atoms in total. The molecule has 0 saturated heterocycles. The standard InChI is InChI=1S/C23H26N4O.ClH/c24-21-11-10-19(14-21)23(28)25-15-20-4-1-2-5-22(20)18-8-6-17(7-9-18)16-27-13-3-12-26-27;/h1-9,12-13,19,21H,10-11,14-16,24H2,(H,25,28);1H. The van der Waals surface area contributed by atoms with Crippen molar-refractivity contribution >= 4 is 18.3 Å². The Labute approximate surface area is 177 Å². The molecular formula is C23H27ClN4O. The van der Waals surface area contributed by atoms with Gasteiger partial charge in [-0.25, -0.2) is 0 Å². The van der Waals surface area contributed by atoms with E-state index in [1.807, 2.05) is 29.1 Å².